The van der Waals surface area contributed by atoms with Crippen molar-refractivity contribution in [3.05, 3.63) is 24.8 Å². The van der Waals surface area contributed by atoms with E-state index in [0.29, 0.717) is 11.8 Å². The van der Waals surface area contributed by atoms with Crippen molar-refractivity contribution in [2.24, 2.45) is 11.8 Å². The SMILES string of the molecule is C=CCCOC[C@H]1CSC[C@@H]1CC=CCCCC(=O)O. The first kappa shape index (κ1) is 17.3. The Hall–Kier alpha value is -0.740. The highest BCUT2D eigenvalue weighted by Gasteiger charge is 2.26. The first-order valence-corrected chi connectivity index (χ1v) is 8.52. The number of carboxylic acid groups (broad SMARTS) is 1. The number of carbonyl (C=O) groups is 1. The molecule has 3 nitrogen and oxygen atoms in total. The van der Waals surface area contributed by atoms with Crippen LogP contribution in [-0.2, 0) is 9.53 Å². The van der Waals surface area contributed by atoms with Gasteiger partial charge in [-0.3, -0.25) is 4.79 Å². The van der Waals surface area contributed by atoms with E-state index in [-0.39, 0.29) is 6.42 Å². The number of carboxylic acids is 1. The van der Waals surface area contributed by atoms with E-state index in [2.05, 4.69) is 18.7 Å². The molecule has 0 aliphatic carbocycles. The Bertz CT molecular complexity index is 315. The van der Waals surface area contributed by atoms with Crippen LogP contribution in [0.1, 0.15) is 32.1 Å². The van der Waals surface area contributed by atoms with Crippen LogP contribution in [0.2, 0.25) is 0 Å². The fraction of sp³-hybridized carbons (Fsp3) is 0.688. The molecule has 0 aromatic heterocycles. The zero-order valence-electron chi connectivity index (χ0n) is 12.1. The highest BCUT2D eigenvalue weighted by atomic mass is 32.2. The summed E-state index contributed by atoms with van der Waals surface area (Å²) >= 11 is 2.01. The third kappa shape index (κ3) is 7.75. The van der Waals surface area contributed by atoms with Gasteiger partial charge in [0.25, 0.3) is 0 Å². The number of hydrogen-bond donors (Lipinski definition) is 1. The molecule has 1 rings (SSSR count). The molecular weight excluding hydrogens is 272 g/mol. The molecule has 1 aliphatic rings. The van der Waals surface area contributed by atoms with Crippen molar-refractivity contribution in [1.29, 1.82) is 0 Å². The predicted molar refractivity (Wildman–Crippen MR) is 85.2 cm³/mol. The summed E-state index contributed by atoms with van der Waals surface area (Å²) in [4.78, 5) is 10.4. The zero-order valence-corrected chi connectivity index (χ0v) is 12.9. The van der Waals surface area contributed by atoms with Crippen molar-refractivity contribution >= 4 is 17.7 Å². The molecule has 1 heterocycles. The molecule has 1 fully saturated rings. The van der Waals surface area contributed by atoms with Gasteiger partial charge in [0, 0.05) is 6.42 Å². The summed E-state index contributed by atoms with van der Waals surface area (Å²) in [6.45, 7) is 5.33. The number of aliphatic carboxylic acids is 1. The molecular formula is C16H26O3S. The van der Waals surface area contributed by atoms with E-state index < -0.39 is 5.97 Å². The molecule has 4 heteroatoms. The monoisotopic (exact) mass is 298 g/mol. The van der Waals surface area contributed by atoms with E-state index in [1.807, 2.05) is 17.8 Å². The quantitative estimate of drug-likeness (QED) is 0.466. The van der Waals surface area contributed by atoms with Gasteiger partial charge < -0.3 is 9.84 Å². The van der Waals surface area contributed by atoms with E-state index in [0.717, 1.165) is 38.9 Å². The molecule has 0 aromatic rings. The van der Waals surface area contributed by atoms with Crippen LogP contribution in [0, 0.1) is 11.8 Å². The van der Waals surface area contributed by atoms with Crippen LogP contribution in [0.25, 0.3) is 0 Å². The van der Waals surface area contributed by atoms with Crippen LogP contribution in [0.5, 0.6) is 0 Å². The Morgan fingerprint density at radius 3 is 2.85 bits per heavy atom. The lowest BCUT2D eigenvalue weighted by Gasteiger charge is -2.17. The van der Waals surface area contributed by atoms with Crippen molar-refractivity contribution in [2.75, 3.05) is 24.7 Å². The van der Waals surface area contributed by atoms with Crippen molar-refractivity contribution in [3.8, 4) is 0 Å². The average Bonchev–Trinajstić information content (AvgIpc) is 2.86. The van der Waals surface area contributed by atoms with Gasteiger partial charge in [-0.2, -0.15) is 11.8 Å². The van der Waals surface area contributed by atoms with Gasteiger partial charge >= 0.3 is 5.97 Å². The third-order valence-electron chi connectivity index (χ3n) is 3.50. The number of allylic oxidation sites excluding steroid dienone is 2. The van der Waals surface area contributed by atoms with E-state index in [4.69, 9.17) is 9.84 Å². The Balaban J connectivity index is 2.12. The molecule has 0 amide bonds. The maximum absolute atomic E-state index is 10.4. The van der Waals surface area contributed by atoms with E-state index in [1.54, 1.807) is 0 Å². The molecule has 1 saturated heterocycles. The molecule has 0 saturated carbocycles. The highest BCUT2D eigenvalue weighted by Crippen LogP contribution is 2.32. The Labute approximate surface area is 126 Å². The number of hydrogen-bond acceptors (Lipinski definition) is 3. The summed E-state index contributed by atoms with van der Waals surface area (Å²) in [6, 6.07) is 0. The van der Waals surface area contributed by atoms with Crippen molar-refractivity contribution < 1.29 is 14.6 Å². The van der Waals surface area contributed by atoms with E-state index in [9.17, 15) is 4.79 Å². The summed E-state index contributed by atoms with van der Waals surface area (Å²) in [5, 5.41) is 8.55. The molecule has 1 aliphatic heterocycles. The molecule has 1 N–H and O–H groups in total. The second-order valence-electron chi connectivity index (χ2n) is 5.20. The molecule has 0 unspecified atom stereocenters. The molecule has 0 spiro atoms. The van der Waals surface area contributed by atoms with Gasteiger partial charge in [0.05, 0.1) is 13.2 Å². The number of rotatable bonds is 11. The summed E-state index contributed by atoms with van der Waals surface area (Å²) in [5.41, 5.74) is 0. The van der Waals surface area contributed by atoms with Gasteiger partial charge in [-0.25, -0.2) is 0 Å². The van der Waals surface area contributed by atoms with Crippen molar-refractivity contribution in [3.63, 3.8) is 0 Å². The lowest BCUT2D eigenvalue weighted by atomic mass is 9.93. The number of thioether (sulfide) groups is 1. The van der Waals surface area contributed by atoms with Gasteiger partial charge in [-0.1, -0.05) is 18.2 Å². The minimum atomic E-state index is -0.706. The molecule has 0 aromatic carbocycles. The van der Waals surface area contributed by atoms with Gasteiger partial charge in [0.1, 0.15) is 0 Å². The van der Waals surface area contributed by atoms with Crippen LogP contribution in [0.3, 0.4) is 0 Å². The van der Waals surface area contributed by atoms with Gasteiger partial charge in [0.2, 0.25) is 0 Å². The molecule has 2 atom stereocenters. The predicted octanol–water partition coefficient (Wildman–Crippen LogP) is 3.76. The van der Waals surface area contributed by atoms with Crippen LogP contribution in [0.4, 0.5) is 0 Å². The Morgan fingerprint density at radius 2 is 2.10 bits per heavy atom. The number of unbranched alkanes of at least 4 members (excludes halogenated alkanes) is 1. The van der Waals surface area contributed by atoms with Crippen LogP contribution >= 0.6 is 11.8 Å². The summed E-state index contributed by atoms with van der Waals surface area (Å²) in [5.74, 6) is 3.08. The fourth-order valence-corrected chi connectivity index (χ4v) is 3.77. The Morgan fingerprint density at radius 1 is 1.30 bits per heavy atom. The maximum atomic E-state index is 10.4. The summed E-state index contributed by atoms with van der Waals surface area (Å²) in [6.07, 6.45) is 10.1. The molecule has 0 radical (unpaired) electrons. The standard InChI is InChI=1S/C16H26O3S/c1-2-3-10-19-11-15-13-20-12-14(15)8-6-4-5-7-9-16(17)18/h2,4,6,14-15H,1,3,5,7-13H2,(H,17,18)/t14-,15-/m0/s1. The zero-order chi connectivity index (χ0) is 14.6. The molecule has 20 heavy (non-hydrogen) atoms. The smallest absolute Gasteiger partial charge is 0.303 e. The second kappa shape index (κ2) is 11.0. The minimum Gasteiger partial charge on any atom is -0.481 e. The van der Waals surface area contributed by atoms with Crippen LogP contribution in [-0.4, -0.2) is 35.8 Å². The summed E-state index contributed by atoms with van der Waals surface area (Å²) < 4.78 is 5.69. The lowest BCUT2D eigenvalue weighted by Crippen LogP contribution is -2.18. The molecule has 114 valence electrons. The highest BCUT2D eigenvalue weighted by molar-refractivity contribution is 7.99. The van der Waals surface area contributed by atoms with Crippen molar-refractivity contribution in [1.82, 2.24) is 0 Å². The first-order chi connectivity index (χ1) is 9.74. The normalized spacial score (nSPS) is 22.4. The van der Waals surface area contributed by atoms with Gasteiger partial charge in [0.15, 0.2) is 0 Å². The van der Waals surface area contributed by atoms with Crippen LogP contribution in [0.15, 0.2) is 24.8 Å². The maximum Gasteiger partial charge on any atom is 0.303 e. The fourth-order valence-electron chi connectivity index (χ4n) is 2.25. The second-order valence-corrected chi connectivity index (χ2v) is 6.28. The summed E-state index contributed by atoms with van der Waals surface area (Å²) in [7, 11) is 0. The van der Waals surface area contributed by atoms with E-state index >= 15 is 0 Å². The van der Waals surface area contributed by atoms with Gasteiger partial charge in [-0.05, 0) is 49.0 Å². The minimum absolute atomic E-state index is 0.267. The van der Waals surface area contributed by atoms with Crippen molar-refractivity contribution in [2.45, 2.75) is 32.1 Å². The molecule has 0 bridgehead atoms. The number of ether oxygens (including phenoxy) is 1. The van der Waals surface area contributed by atoms with Crippen LogP contribution < -0.4 is 0 Å². The topological polar surface area (TPSA) is 46.5 Å². The first-order valence-electron chi connectivity index (χ1n) is 7.37. The largest absolute Gasteiger partial charge is 0.481 e. The Kier molecular flexibility index (Phi) is 9.50. The van der Waals surface area contributed by atoms with E-state index in [1.165, 1.54) is 11.5 Å². The lowest BCUT2D eigenvalue weighted by molar-refractivity contribution is -0.137. The third-order valence-corrected chi connectivity index (χ3v) is 4.82. The van der Waals surface area contributed by atoms with Gasteiger partial charge in [-0.15, -0.1) is 6.58 Å². The average molecular weight is 298 g/mol.